The molecule has 1 rings (SSSR count). The first kappa shape index (κ1) is 11.6. The highest BCUT2D eigenvalue weighted by Crippen LogP contribution is 2.11. The number of unbranched alkanes of at least 4 members (excludes halogenated alkanes) is 3. The van der Waals surface area contributed by atoms with Gasteiger partial charge in [-0.05, 0) is 18.9 Å². The molecule has 4 heteroatoms. The van der Waals surface area contributed by atoms with Crippen LogP contribution in [0.4, 0.5) is 5.69 Å². The Balaban J connectivity index is 2.39. The Morgan fingerprint density at radius 1 is 1.33 bits per heavy atom. The van der Waals surface area contributed by atoms with Crippen LogP contribution in [-0.4, -0.2) is 9.91 Å². The molecule has 0 saturated carbocycles. The minimum atomic E-state index is -0.423. The highest BCUT2D eigenvalue weighted by atomic mass is 16.6. The second kappa shape index (κ2) is 6.11. The van der Waals surface area contributed by atoms with Crippen LogP contribution in [-0.2, 0) is 6.42 Å². The number of rotatable bonds is 6. The molecule has 0 saturated heterocycles. The van der Waals surface area contributed by atoms with Gasteiger partial charge in [-0.15, -0.1) is 0 Å². The summed E-state index contributed by atoms with van der Waals surface area (Å²) in [4.78, 5) is 14.0. The van der Waals surface area contributed by atoms with Crippen molar-refractivity contribution < 1.29 is 4.92 Å². The largest absolute Gasteiger partial charge is 0.287 e. The highest BCUT2D eigenvalue weighted by molar-refractivity contribution is 5.26. The maximum absolute atomic E-state index is 10.4. The summed E-state index contributed by atoms with van der Waals surface area (Å²) in [5.41, 5.74) is 1.00. The van der Waals surface area contributed by atoms with Gasteiger partial charge >= 0.3 is 0 Å². The van der Waals surface area contributed by atoms with E-state index in [4.69, 9.17) is 0 Å². The van der Waals surface area contributed by atoms with Crippen molar-refractivity contribution in [2.24, 2.45) is 0 Å². The summed E-state index contributed by atoms with van der Waals surface area (Å²) in [6.07, 6.45) is 7.02. The average molecular weight is 208 g/mol. The van der Waals surface area contributed by atoms with Crippen molar-refractivity contribution in [3.63, 3.8) is 0 Å². The molecule has 0 unspecified atom stereocenters. The third-order valence-corrected chi connectivity index (χ3v) is 2.31. The smallest absolute Gasteiger partial charge is 0.258 e. The van der Waals surface area contributed by atoms with Gasteiger partial charge in [0.15, 0.2) is 0 Å². The van der Waals surface area contributed by atoms with Crippen molar-refractivity contribution in [1.29, 1.82) is 0 Å². The summed E-state index contributed by atoms with van der Waals surface area (Å²) in [5.74, 6) is 0. The number of nitrogens with zero attached hydrogens (tertiary/aromatic N) is 2. The molecular weight excluding hydrogens is 192 g/mol. The van der Waals surface area contributed by atoms with Crippen LogP contribution >= 0.6 is 0 Å². The molecule has 0 aromatic carbocycles. The molecule has 0 aliphatic rings. The Labute approximate surface area is 89.5 Å². The zero-order valence-electron chi connectivity index (χ0n) is 8.98. The van der Waals surface area contributed by atoms with E-state index in [1.807, 2.05) is 0 Å². The Hall–Kier alpha value is -1.45. The van der Waals surface area contributed by atoms with E-state index in [0.717, 1.165) is 18.5 Å². The lowest BCUT2D eigenvalue weighted by Gasteiger charge is -1.99. The molecule has 1 aromatic rings. The fourth-order valence-electron chi connectivity index (χ4n) is 1.41. The third-order valence-electron chi connectivity index (χ3n) is 2.31. The summed E-state index contributed by atoms with van der Waals surface area (Å²) in [6, 6.07) is 3.26. The van der Waals surface area contributed by atoms with E-state index in [0.29, 0.717) is 0 Å². The average Bonchev–Trinajstić information content (AvgIpc) is 2.25. The number of hydrogen-bond acceptors (Lipinski definition) is 3. The first-order chi connectivity index (χ1) is 7.24. The van der Waals surface area contributed by atoms with Crippen LogP contribution in [0.1, 0.15) is 38.3 Å². The van der Waals surface area contributed by atoms with Crippen molar-refractivity contribution in [2.45, 2.75) is 39.0 Å². The van der Waals surface area contributed by atoms with E-state index in [1.54, 1.807) is 6.07 Å². The van der Waals surface area contributed by atoms with Gasteiger partial charge in [-0.3, -0.25) is 15.1 Å². The van der Waals surface area contributed by atoms with Crippen molar-refractivity contribution in [2.75, 3.05) is 0 Å². The molecule has 82 valence electrons. The summed E-state index contributed by atoms with van der Waals surface area (Å²) >= 11 is 0. The molecular formula is C11H16N2O2. The van der Waals surface area contributed by atoms with Crippen LogP contribution in [0.15, 0.2) is 18.3 Å². The van der Waals surface area contributed by atoms with Crippen molar-refractivity contribution >= 4 is 5.69 Å². The van der Waals surface area contributed by atoms with Gasteiger partial charge in [0, 0.05) is 11.8 Å². The van der Waals surface area contributed by atoms with Gasteiger partial charge in [-0.1, -0.05) is 26.2 Å². The number of hydrogen-bond donors (Lipinski definition) is 0. The number of nitro groups is 1. The topological polar surface area (TPSA) is 56.0 Å². The lowest BCUT2D eigenvalue weighted by atomic mass is 10.1. The molecule has 0 fully saturated rings. The van der Waals surface area contributed by atoms with Crippen LogP contribution in [0.25, 0.3) is 0 Å². The molecule has 0 amide bonds. The molecule has 15 heavy (non-hydrogen) atoms. The molecule has 0 atom stereocenters. The lowest BCUT2D eigenvalue weighted by Crippen LogP contribution is -1.93. The second-order valence-corrected chi connectivity index (χ2v) is 3.58. The van der Waals surface area contributed by atoms with Crippen molar-refractivity contribution in [3.05, 3.63) is 34.1 Å². The quantitative estimate of drug-likeness (QED) is 0.410. The van der Waals surface area contributed by atoms with E-state index < -0.39 is 4.92 Å². The molecule has 1 heterocycles. The van der Waals surface area contributed by atoms with Crippen LogP contribution in [0.3, 0.4) is 0 Å². The zero-order valence-corrected chi connectivity index (χ0v) is 8.98. The normalized spacial score (nSPS) is 10.2. The second-order valence-electron chi connectivity index (χ2n) is 3.58. The number of pyridine rings is 1. The molecule has 4 nitrogen and oxygen atoms in total. The summed E-state index contributed by atoms with van der Waals surface area (Å²) < 4.78 is 0. The van der Waals surface area contributed by atoms with Crippen molar-refractivity contribution in [3.8, 4) is 0 Å². The van der Waals surface area contributed by atoms with Crippen LogP contribution in [0.5, 0.6) is 0 Å². The zero-order chi connectivity index (χ0) is 11.1. The maximum Gasteiger partial charge on any atom is 0.287 e. The molecule has 0 spiro atoms. The lowest BCUT2D eigenvalue weighted by molar-refractivity contribution is -0.385. The standard InChI is InChI=1S/C11H16N2O2/c1-2-3-4-5-6-10-7-8-11(9-12-10)13(14)15/h7-9H,2-6H2,1H3. The fraction of sp³-hybridized carbons (Fsp3) is 0.545. The van der Waals surface area contributed by atoms with Crippen LogP contribution < -0.4 is 0 Å². The first-order valence-corrected chi connectivity index (χ1v) is 5.33. The maximum atomic E-state index is 10.4. The van der Waals surface area contributed by atoms with Gasteiger partial charge in [0.1, 0.15) is 6.20 Å². The van der Waals surface area contributed by atoms with Gasteiger partial charge in [-0.25, -0.2) is 0 Å². The van der Waals surface area contributed by atoms with Gasteiger partial charge in [0.05, 0.1) is 4.92 Å². The predicted molar refractivity (Wildman–Crippen MR) is 58.7 cm³/mol. The molecule has 0 aliphatic heterocycles. The van der Waals surface area contributed by atoms with E-state index in [1.165, 1.54) is 31.5 Å². The van der Waals surface area contributed by atoms with Gasteiger partial charge in [0.2, 0.25) is 0 Å². The fourth-order valence-corrected chi connectivity index (χ4v) is 1.41. The molecule has 0 radical (unpaired) electrons. The van der Waals surface area contributed by atoms with E-state index in [2.05, 4.69) is 11.9 Å². The Morgan fingerprint density at radius 2 is 2.13 bits per heavy atom. The molecule has 0 aliphatic carbocycles. The van der Waals surface area contributed by atoms with Crippen LogP contribution in [0, 0.1) is 10.1 Å². The van der Waals surface area contributed by atoms with Gasteiger partial charge < -0.3 is 0 Å². The van der Waals surface area contributed by atoms with Gasteiger partial charge in [0.25, 0.3) is 5.69 Å². The predicted octanol–water partition coefficient (Wildman–Crippen LogP) is 3.11. The third kappa shape index (κ3) is 4.06. The Morgan fingerprint density at radius 3 is 2.67 bits per heavy atom. The highest BCUT2D eigenvalue weighted by Gasteiger charge is 2.04. The minimum absolute atomic E-state index is 0.0623. The first-order valence-electron chi connectivity index (χ1n) is 5.33. The van der Waals surface area contributed by atoms with E-state index in [9.17, 15) is 10.1 Å². The summed E-state index contributed by atoms with van der Waals surface area (Å²) in [7, 11) is 0. The van der Waals surface area contributed by atoms with Gasteiger partial charge in [-0.2, -0.15) is 0 Å². The summed E-state index contributed by atoms with van der Waals surface area (Å²) in [6.45, 7) is 2.17. The molecule has 0 N–H and O–H groups in total. The summed E-state index contributed by atoms with van der Waals surface area (Å²) in [5, 5.41) is 10.4. The van der Waals surface area contributed by atoms with Crippen LogP contribution in [0.2, 0.25) is 0 Å². The number of aryl methyl sites for hydroxylation is 1. The molecule has 1 aromatic heterocycles. The van der Waals surface area contributed by atoms with E-state index >= 15 is 0 Å². The minimum Gasteiger partial charge on any atom is -0.258 e. The Bertz CT molecular complexity index is 309. The Kier molecular flexibility index (Phi) is 4.74. The van der Waals surface area contributed by atoms with Crippen molar-refractivity contribution in [1.82, 2.24) is 4.98 Å². The monoisotopic (exact) mass is 208 g/mol. The van der Waals surface area contributed by atoms with E-state index in [-0.39, 0.29) is 5.69 Å². The number of aromatic nitrogens is 1. The SMILES string of the molecule is CCCCCCc1ccc([N+](=O)[O-])cn1. The molecule has 0 bridgehead atoms.